The normalized spacial score (nSPS) is 10.8. The maximum Gasteiger partial charge on any atom is 0.320 e. The molecule has 0 saturated heterocycles. The number of anilines is 1. The molecule has 8 nitrogen and oxygen atoms in total. The second-order valence-electron chi connectivity index (χ2n) is 5.88. The predicted molar refractivity (Wildman–Crippen MR) is 104 cm³/mol. The van der Waals surface area contributed by atoms with Gasteiger partial charge in [-0.05, 0) is 23.3 Å². The molecule has 0 fully saturated rings. The van der Waals surface area contributed by atoms with E-state index >= 15 is 0 Å². The van der Waals surface area contributed by atoms with Gasteiger partial charge in [0, 0.05) is 5.69 Å². The van der Waals surface area contributed by atoms with E-state index in [4.69, 9.17) is 0 Å². The van der Waals surface area contributed by atoms with Crippen LogP contribution in [0.5, 0.6) is 0 Å². The number of methoxy groups -OCH3 is 1. The topological polar surface area (TPSA) is 119 Å². The highest BCUT2D eigenvalue weighted by molar-refractivity contribution is 7.92. The van der Waals surface area contributed by atoms with Crippen LogP contribution in [0, 0.1) is 0 Å². The monoisotopic (exact) mass is 404 g/mol. The molecule has 2 amide bonds. The van der Waals surface area contributed by atoms with E-state index in [0.717, 1.165) is 18.2 Å². The van der Waals surface area contributed by atoms with Crippen molar-refractivity contribution in [2.45, 2.75) is 0 Å². The first-order valence-corrected chi connectivity index (χ1v) is 10.1. The van der Waals surface area contributed by atoms with E-state index in [-0.39, 0.29) is 0 Å². The van der Waals surface area contributed by atoms with Crippen molar-refractivity contribution in [2.75, 3.05) is 30.5 Å². The molecule has 2 rings (SSSR count). The summed E-state index contributed by atoms with van der Waals surface area (Å²) in [6.07, 6.45) is 0. The van der Waals surface area contributed by atoms with Crippen molar-refractivity contribution in [3.8, 4) is 11.1 Å². The third-order valence-electron chi connectivity index (χ3n) is 3.62. The number of hydrogen-bond donors (Lipinski definition) is 2. The van der Waals surface area contributed by atoms with E-state index < -0.39 is 45.7 Å². The molecule has 0 aliphatic rings. The van der Waals surface area contributed by atoms with E-state index in [2.05, 4.69) is 15.4 Å². The van der Waals surface area contributed by atoms with Crippen molar-refractivity contribution in [1.29, 1.82) is 0 Å². The maximum absolute atomic E-state index is 12.0. The number of sulfone groups is 1. The van der Waals surface area contributed by atoms with Gasteiger partial charge in [-0.25, -0.2) is 8.42 Å². The van der Waals surface area contributed by atoms with Crippen LogP contribution in [-0.4, -0.2) is 51.4 Å². The zero-order valence-corrected chi connectivity index (χ0v) is 16.0. The fourth-order valence-electron chi connectivity index (χ4n) is 2.33. The zero-order valence-electron chi connectivity index (χ0n) is 15.2. The van der Waals surface area contributed by atoms with Gasteiger partial charge in [0.15, 0.2) is 9.84 Å². The van der Waals surface area contributed by atoms with Gasteiger partial charge in [-0.3, -0.25) is 14.4 Å². The number of rotatable bonds is 8. The lowest BCUT2D eigenvalue weighted by atomic mass is 10.1. The average molecular weight is 404 g/mol. The maximum atomic E-state index is 12.0. The first-order valence-electron chi connectivity index (χ1n) is 8.28. The summed E-state index contributed by atoms with van der Waals surface area (Å²) in [5.74, 6) is -4.14. The molecule has 0 atom stereocenters. The molecule has 2 aromatic carbocycles. The van der Waals surface area contributed by atoms with Gasteiger partial charge in [0.05, 0.1) is 13.7 Å². The SMILES string of the molecule is COC(=O)CS(=O)(=O)CC(=O)NCC(=O)Nc1cccc(-c2ccccc2)c1. The van der Waals surface area contributed by atoms with Gasteiger partial charge in [-0.2, -0.15) is 0 Å². The van der Waals surface area contributed by atoms with E-state index in [1.165, 1.54) is 0 Å². The van der Waals surface area contributed by atoms with Gasteiger partial charge in [0.25, 0.3) is 0 Å². The summed E-state index contributed by atoms with van der Waals surface area (Å²) in [6, 6.07) is 16.8. The lowest BCUT2D eigenvalue weighted by molar-refractivity contribution is -0.137. The van der Waals surface area contributed by atoms with E-state index in [0.29, 0.717) is 5.69 Å². The molecule has 0 unspecified atom stereocenters. The molecule has 0 saturated carbocycles. The van der Waals surface area contributed by atoms with Gasteiger partial charge in [-0.1, -0.05) is 42.5 Å². The Morgan fingerprint density at radius 2 is 1.57 bits per heavy atom. The van der Waals surface area contributed by atoms with Crippen LogP contribution in [0.25, 0.3) is 11.1 Å². The van der Waals surface area contributed by atoms with E-state index in [9.17, 15) is 22.8 Å². The Hall–Kier alpha value is -3.20. The first-order chi connectivity index (χ1) is 13.3. The van der Waals surface area contributed by atoms with Crippen LogP contribution in [0.4, 0.5) is 5.69 Å². The van der Waals surface area contributed by atoms with Crippen LogP contribution in [0.2, 0.25) is 0 Å². The zero-order chi connectivity index (χ0) is 20.6. The minimum atomic E-state index is -3.95. The number of esters is 1. The lowest BCUT2D eigenvalue weighted by Gasteiger charge is -2.09. The van der Waals surface area contributed by atoms with Crippen molar-refractivity contribution in [3.63, 3.8) is 0 Å². The Bertz CT molecular complexity index is 957. The molecule has 148 valence electrons. The largest absolute Gasteiger partial charge is 0.468 e. The molecular weight excluding hydrogens is 384 g/mol. The quantitative estimate of drug-likeness (QED) is 0.634. The van der Waals surface area contributed by atoms with Gasteiger partial charge in [0.2, 0.25) is 11.8 Å². The van der Waals surface area contributed by atoms with Gasteiger partial charge >= 0.3 is 5.97 Å². The fourth-order valence-corrected chi connectivity index (χ4v) is 3.41. The highest BCUT2D eigenvalue weighted by Crippen LogP contribution is 2.22. The van der Waals surface area contributed by atoms with Crippen LogP contribution in [0.3, 0.4) is 0 Å². The average Bonchev–Trinajstić information content (AvgIpc) is 2.66. The number of ether oxygens (including phenoxy) is 1. The summed E-state index contributed by atoms with van der Waals surface area (Å²) in [5.41, 5.74) is 2.44. The third-order valence-corrected chi connectivity index (χ3v) is 4.99. The Balaban J connectivity index is 1.87. The molecule has 0 bridgehead atoms. The first kappa shape index (κ1) is 21.1. The highest BCUT2D eigenvalue weighted by Gasteiger charge is 2.21. The van der Waals surface area contributed by atoms with Gasteiger partial charge < -0.3 is 15.4 Å². The lowest BCUT2D eigenvalue weighted by Crippen LogP contribution is -2.37. The van der Waals surface area contributed by atoms with Crippen LogP contribution in [0.1, 0.15) is 0 Å². The molecule has 2 N–H and O–H groups in total. The van der Waals surface area contributed by atoms with E-state index in [1.807, 2.05) is 36.4 Å². The molecule has 0 spiro atoms. The second kappa shape index (κ2) is 9.65. The summed E-state index contributed by atoms with van der Waals surface area (Å²) >= 11 is 0. The molecule has 28 heavy (non-hydrogen) atoms. The summed E-state index contributed by atoms with van der Waals surface area (Å²) in [6.45, 7) is -0.401. The number of carbonyl (C=O) groups excluding carboxylic acids is 3. The molecular formula is C19H20N2O6S. The molecule has 0 radical (unpaired) electrons. The number of benzene rings is 2. The molecule has 9 heteroatoms. The highest BCUT2D eigenvalue weighted by atomic mass is 32.2. The molecule has 2 aromatic rings. The molecule has 0 aliphatic carbocycles. The summed E-state index contributed by atoms with van der Waals surface area (Å²) in [5, 5.41) is 4.85. The summed E-state index contributed by atoms with van der Waals surface area (Å²) in [4.78, 5) is 34.7. The standard InChI is InChI=1S/C19H20N2O6S/c1-27-19(24)13-28(25,26)12-18(23)20-11-17(22)21-16-9-5-8-15(10-16)14-6-3-2-4-7-14/h2-10H,11-13H2,1H3,(H,20,23)(H,21,22). The predicted octanol–water partition coefficient (Wildman–Crippen LogP) is 0.996. The van der Waals surface area contributed by atoms with Crippen molar-refractivity contribution >= 4 is 33.3 Å². The van der Waals surface area contributed by atoms with Crippen molar-refractivity contribution in [3.05, 3.63) is 54.6 Å². The number of amides is 2. The van der Waals surface area contributed by atoms with Crippen LogP contribution in [0.15, 0.2) is 54.6 Å². The Morgan fingerprint density at radius 1 is 0.893 bits per heavy atom. The smallest absolute Gasteiger partial charge is 0.320 e. The summed E-state index contributed by atoms with van der Waals surface area (Å²) < 4.78 is 27.6. The molecule has 0 aromatic heterocycles. The van der Waals surface area contributed by atoms with Crippen molar-refractivity contribution in [1.82, 2.24) is 5.32 Å². The van der Waals surface area contributed by atoms with Crippen molar-refractivity contribution < 1.29 is 27.5 Å². The minimum absolute atomic E-state index is 0.401. The minimum Gasteiger partial charge on any atom is -0.468 e. The molecule has 0 aliphatic heterocycles. The molecule has 0 heterocycles. The van der Waals surface area contributed by atoms with Gasteiger partial charge in [0.1, 0.15) is 11.5 Å². The second-order valence-corrected chi connectivity index (χ2v) is 7.94. The van der Waals surface area contributed by atoms with E-state index in [1.54, 1.807) is 18.2 Å². The Kier molecular flexibility index (Phi) is 7.28. The number of hydrogen-bond acceptors (Lipinski definition) is 6. The Morgan fingerprint density at radius 3 is 2.25 bits per heavy atom. The third kappa shape index (κ3) is 6.84. The number of carbonyl (C=O) groups is 3. The fraction of sp³-hybridized carbons (Fsp3) is 0.211. The Labute approximate surface area is 162 Å². The van der Waals surface area contributed by atoms with Crippen LogP contribution in [-0.2, 0) is 29.0 Å². The van der Waals surface area contributed by atoms with Crippen LogP contribution >= 0.6 is 0 Å². The van der Waals surface area contributed by atoms with Crippen molar-refractivity contribution in [2.24, 2.45) is 0 Å². The number of nitrogens with one attached hydrogen (secondary N) is 2. The van der Waals surface area contributed by atoms with Crippen LogP contribution < -0.4 is 10.6 Å². The van der Waals surface area contributed by atoms with Gasteiger partial charge in [-0.15, -0.1) is 0 Å². The summed E-state index contributed by atoms with van der Waals surface area (Å²) in [7, 11) is -2.90.